The molecule has 0 aromatic heterocycles. The Morgan fingerprint density at radius 2 is 1.17 bits per heavy atom. The number of hydrogen-bond donors (Lipinski definition) is 2. The SMILES string of the molecule is CC[C@H](O)/C=C/C=C\C/C=C\C/C=C\C/C=C\CCCC(=O)OC[C@H](CO)OC(=O)CCCCCCCCCCCCCC(C)C. The van der Waals surface area contributed by atoms with Crippen LogP contribution in [-0.4, -0.2) is 47.6 Å². The van der Waals surface area contributed by atoms with Gasteiger partial charge in [-0.2, -0.15) is 0 Å². The average molecular weight is 645 g/mol. The number of esters is 2. The van der Waals surface area contributed by atoms with Crippen LogP contribution in [0.2, 0.25) is 0 Å². The molecule has 0 aromatic carbocycles. The van der Waals surface area contributed by atoms with E-state index in [1.807, 2.05) is 19.1 Å². The third kappa shape index (κ3) is 32.9. The van der Waals surface area contributed by atoms with Crippen molar-refractivity contribution in [3.05, 3.63) is 60.8 Å². The van der Waals surface area contributed by atoms with E-state index in [1.165, 1.54) is 57.8 Å². The van der Waals surface area contributed by atoms with Gasteiger partial charge in [-0.1, -0.05) is 152 Å². The molecule has 0 radical (unpaired) electrons. The maximum atomic E-state index is 12.1. The first-order valence-electron chi connectivity index (χ1n) is 18.3. The van der Waals surface area contributed by atoms with Crippen molar-refractivity contribution < 1.29 is 29.3 Å². The molecule has 0 aliphatic rings. The minimum absolute atomic E-state index is 0.107. The van der Waals surface area contributed by atoms with Crippen molar-refractivity contribution in [1.29, 1.82) is 0 Å². The fourth-order valence-electron chi connectivity index (χ4n) is 4.72. The van der Waals surface area contributed by atoms with E-state index in [0.717, 1.165) is 57.3 Å². The second-order valence-electron chi connectivity index (χ2n) is 12.6. The third-order valence-electron chi connectivity index (χ3n) is 7.66. The summed E-state index contributed by atoms with van der Waals surface area (Å²) >= 11 is 0. The number of aliphatic hydroxyl groups is 2. The minimum Gasteiger partial charge on any atom is -0.462 e. The molecule has 0 saturated heterocycles. The molecule has 6 heteroatoms. The molecule has 2 atom stereocenters. The van der Waals surface area contributed by atoms with Gasteiger partial charge in [0.2, 0.25) is 0 Å². The number of ether oxygens (including phenoxy) is 2. The second-order valence-corrected chi connectivity index (χ2v) is 12.6. The molecule has 0 amide bonds. The van der Waals surface area contributed by atoms with Crippen LogP contribution < -0.4 is 0 Å². The highest BCUT2D eigenvalue weighted by atomic mass is 16.6. The highest BCUT2D eigenvalue weighted by molar-refractivity contribution is 5.70. The van der Waals surface area contributed by atoms with Gasteiger partial charge in [-0.05, 0) is 50.9 Å². The summed E-state index contributed by atoms with van der Waals surface area (Å²) in [6.07, 6.45) is 39.5. The van der Waals surface area contributed by atoms with Gasteiger partial charge < -0.3 is 19.7 Å². The summed E-state index contributed by atoms with van der Waals surface area (Å²) in [4.78, 5) is 24.2. The lowest BCUT2D eigenvalue weighted by Gasteiger charge is -2.15. The number of hydrogen-bond acceptors (Lipinski definition) is 6. The lowest BCUT2D eigenvalue weighted by molar-refractivity contribution is -0.161. The number of carbonyl (C=O) groups excluding carboxylic acids is 2. The lowest BCUT2D eigenvalue weighted by Crippen LogP contribution is -2.28. The van der Waals surface area contributed by atoms with Gasteiger partial charge >= 0.3 is 11.9 Å². The van der Waals surface area contributed by atoms with E-state index in [4.69, 9.17) is 9.47 Å². The molecule has 0 heterocycles. The Morgan fingerprint density at radius 1 is 0.652 bits per heavy atom. The zero-order valence-corrected chi connectivity index (χ0v) is 29.6. The van der Waals surface area contributed by atoms with Crippen molar-refractivity contribution in [2.24, 2.45) is 5.92 Å². The summed E-state index contributed by atoms with van der Waals surface area (Å²) in [7, 11) is 0. The number of unbranched alkanes of at least 4 members (excludes halogenated alkanes) is 11. The quantitative estimate of drug-likeness (QED) is 0.0338. The number of allylic oxidation sites excluding steroid dienone is 9. The molecule has 6 nitrogen and oxygen atoms in total. The van der Waals surface area contributed by atoms with Gasteiger partial charge in [0.25, 0.3) is 0 Å². The van der Waals surface area contributed by atoms with Gasteiger partial charge in [0.05, 0.1) is 12.7 Å². The van der Waals surface area contributed by atoms with Gasteiger partial charge in [0, 0.05) is 12.8 Å². The number of rotatable bonds is 31. The van der Waals surface area contributed by atoms with Crippen LogP contribution in [0.5, 0.6) is 0 Å². The summed E-state index contributed by atoms with van der Waals surface area (Å²) < 4.78 is 10.5. The lowest BCUT2D eigenvalue weighted by atomic mass is 10.0. The molecule has 0 fully saturated rings. The van der Waals surface area contributed by atoms with Crippen LogP contribution in [0, 0.1) is 5.92 Å². The topological polar surface area (TPSA) is 93.1 Å². The van der Waals surface area contributed by atoms with Crippen molar-refractivity contribution in [1.82, 2.24) is 0 Å². The van der Waals surface area contributed by atoms with E-state index in [1.54, 1.807) is 6.08 Å². The molecule has 46 heavy (non-hydrogen) atoms. The van der Waals surface area contributed by atoms with Crippen LogP contribution in [0.1, 0.15) is 149 Å². The predicted molar refractivity (Wildman–Crippen MR) is 192 cm³/mol. The fraction of sp³-hybridized carbons (Fsp3) is 0.700. The Bertz CT molecular complexity index is 854. The first-order chi connectivity index (χ1) is 22.4. The van der Waals surface area contributed by atoms with Gasteiger partial charge in [-0.15, -0.1) is 0 Å². The summed E-state index contributed by atoms with van der Waals surface area (Å²) in [6, 6.07) is 0. The van der Waals surface area contributed by atoms with Crippen molar-refractivity contribution in [2.75, 3.05) is 13.2 Å². The Morgan fingerprint density at radius 3 is 1.74 bits per heavy atom. The molecule has 0 aromatic rings. The van der Waals surface area contributed by atoms with Gasteiger partial charge in [-0.25, -0.2) is 0 Å². The van der Waals surface area contributed by atoms with Crippen molar-refractivity contribution >= 4 is 11.9 Å². The van der Waals surface area contributed by atoms with E-state index in [-0.39, 0.29) is 31.3 Å². The molecule has 0 bridgehead atoms. The van der Waals surface area contributed by atoms with Crippen molar-refractivity contribution in [3.63, 3.8) is 0 Å². The minimum atomic E-state index is -0.803. The van der Waals surface area contributed by atoms with Crippen LogP contribution in [0.25, 0.3) is 0 Å². The Hall–Kier alpha value is -2.44. The summed E-state index contributed by atoms with van der Waals surface area (Å²) in [5.41, 5.74) is 0. The highest BCUT2D eigenvalue weighted by Crippen LogP contribution is 2.14. The smallest absolute Gasteiger partial charge is 0.306 e. The largest absolute Gasteiger partial charge is 0.462 e. The fourth-order valence-corrected chi connectivity index (χ4v) is 4.72. The summed E-state index contributed by atoms with van der Waals surface area (Å²) in [5, 5.41) is 19.0. The normalized spacial score (nSPS) is 13.7. The zero-order valence-electron chi connectivity index (χ0n) is 29.6. The Kier molecular flexibility index (Phi) is 32.1. The molecular weight excluding hydrogens is 576 g/mol. The molecule has 0 saturated carbocycles. The van der Waals surface area contributed by atoms with Gasteiger partial charge in [0.15, 0.2) is 6.10 Å². The Balaban J connectivity index is 3.72. The molecule has 0 rings (SSSR count). The first-order valence-corrected chi connectivity index (χ1v) is 18.3. The average Bonchev–Trinajstić information content (AvgIpc) is 3.04. The van der Waals surface area contributed by atoms with E-state index in [0.29, 0.717) is 19.3 Å². The maximum Gasteiger partial charge on any atom is 0.306 e. The third-order valence-corrected chi connectivity index (χ3v) is 7.66. The second kappa shape index (κ2) is 33.9. The van der Waals surface area contributed by atoms with E-state index < -0.39 is 6.10 Å². The van der Waals surface area contributed by atoms with Crippen LogP contribution in [0.15, 0.2) is 60.8 Å². The van der Waals surface area contributed by atoms with E-state index in [2.05, 4.69) is 56.4 Å². The summed E-state index contributed by atoms with van der Waals surface area (Å²) in [5.74, 6) is 0.143. The number of carbonyl (C=O) groups is 2. The highest BCUT2D eigenvalue weighted by Gasteiger charge is 2.16. The molecule has 0 aliphatic heterocycles. The summed E-state index contributed by atoms with van der Waals surface area (Å²) in [6.45, 7) is 6.07. The van der Waals surface area contributed by atoms with Crippen molar-refractivity contribution in [3.8, 4) is 0 Å². The van der Waals surface area contributed by atoms with E-state index >= 15 is 0 Å². The first kappa shape index (κ1) is 43.6. The van der Waals surface area contributed by atoms with Crippen LogP contribution in [0.3, 0.4) is 0 Å². The molecule has 2 N–H and O–H groups in total. The zero-order chi connectivity index (χ0) is 33.9. The monoisotopic (exact) mass is 645 g/mol. The Labute approximate surface area is 282 Å². The maximum absolute atomic E-state index is 12.1. The predicted octanol–water partition coefficient (Wildman–Crippen LogP) is 10.1. The number of aliphatic hydroxyl groups excluding tert-OH is 2. The molecule has 264 valence electrons. The molecule has 0 spiro atoms. The molecule has 0 unspecified atom stereocenters. The van der Waals surface area contributed by atoms with Crippen LogP contribution in [0.4, 0.5) is 0 Å². The van der Waals surface area contributed by atoms with Crippen molar-refractivity contribution in [2.45, 2.75) is 161 Å². The van der Waals surface area contributed by atoms with Gasteiger partial charge in [-0.3, -0.25) is 9.59 Å². The van der Waals surface area contributed by atoms with Gasteiger partial charge in [0.1, 0.15) is 6.61 Å². The standard InChI is InChI=1S/C40H68O6/c1-4-37(42)31-27-23-19-15-11-7-5-6-8-12-16-20-24-28-32-39(43)45-35-38(34-41)46-40(44)33-29-25-21-17-13-9-10-14-18-22-26-30-36(2)3/h6-8,11,16,19-20,23,27,31,36-38,41-42H,4-5,9-10,12-15,17-18,21-22,24-26,28-30,32-35H2,1-3H3/b8-6-,11-7-,20-16-,23-19-,31-27+/t37-,38-/m0/s1. The molecular formula is C40H68O6. The molecule has 0 aliphatic carbocycles. The van der Waals surface area contributed by atoms with Crippen LogP contribution >= 0.6 is 0 Å². The van der Waals surface area contributed by atoms with E-state index in [9.17, 15) is 19.8 Å². The van der Waals surface area contributed by atoms with Crippen LogP contribution in [-0.2, 0) is 19.1 Å².